The Hall–Kier alpha value is -2.05. The van der Waals surface area contributed by atoms with Crippen molar-refractivity contribution >= 4 is 35.2 Å². The lowest BCUT2D eigenvalue weighted by atomic mass is 10.1. The molecule has 7 heteroatoms. The Morgan fingerprint density at radius 2 is 1.86 bits per heavy atom. The van der Waals surface area contributed by atoms with Crippen LogP contribution >= 0.6 is 23.4 Å². The molecule has 0 unspecified atom stereocenters. The van der Waals surface area contributed by atoms with Crippen molar-refractivity contribution in [3.63, 3.8) is 0 Å². The van der Waals surface area contributed by atoms with E-state index in [-0.39, 0.29) is 23.4 Å². The van der Waals surface area contributed by atoms with E-state index in [4.69, 9.17) is 11.6 Å². The smallest absolute Gasteiger partial charge is 0.242 e. The highest BCUT2D eigenvalue weighted by Gasteiger charge is 2.25. The number of rotatable bonds is 10. The van der Waals surface area contributed by atoms with Crippen molar-refractivity contribution in [3.8, 4) is 0 Å². The predicted molar refractivity (Wildman–Crippen MR) is 117 cm³/mol. The van der Waals surface area contributed by atoms with Crippen molar-refractivity contribution in [2.75, 3.05) is 12.3 Å². The molecule has 1 atom stereocenters. The normalized spacial score (nSPS) is 11.7. The third kappa shape index (κ3) is 7.37. The molecular formula is C22H26ClFN2O2S. The molecule has 156 valence electrons. The second kappa shape index (κ2) is 11.8. The molecule has 4 nitrogen and oxygen atoms in total. The Kier molecular flexibility index (Phi) is 9.48. The lowest BCUT2D eigenvalue weighted by Gasteiger charge is -2.28. The Bertz CT molecular complexity index is 817. The highest BCUT2D eigenvalue weighted by Crippen LogP contribution is 2.18. The van der Waals surface area contributed by atoms with Gasteiger partial charge in [-0.3, -0.25) is 9.59 Å². The topological polar surface area (TPSA) is 49.4 Å². The molecule has 0 aliphatic rings. The number of carbonyl (C=O) groups is 2. The van der Waals surface area contributed by atoms with Gasteiger partial charge >= 0.3 is 0 Å². The molecule has 0 spiro atoms. The standard InChI is InChI=1S/C22H26ClFN2O2S/c1-3-12-25-22(28)16(2)26(13-17-8-10-19(23)11-9-17)21(27)15-29-14-18-6-4-5-7-20(18)24/h4-11,16H,3,12-15H2,1-2H3,(H,25,28)/t16-/m1/s1. The van der Waals surface area contributed by atoms with E-state index in [0.717, 1.165) is 12.0 Å². The molecule has 29 heavy (non-hydrogen) atoms. The van der Waals surface area contributed by atoms with Crippen LogP contribution < -0.4 is 5.32 Å². The first-order valence-corrected chi connectivity index (χ1v) is 11.1. The maximum absolute atomic E-state index is 13.8. The summed E-state index contributed by atoms with van der Waals surface area (Å²) in [5.74, 6) is -0.0804. The average Bonchev–Trinajstić information content (AvgIpc) is 2.72. The van der Waals surface area contributed by atoms with E-state index in [0.29, 0.717) is 29.4 Å². The van der Waals surface area contributed by atoms with Crippen LogP contribution in [0, 0.1) is 5.82 Å². The lowest BCUT2D eigenvalue weighted by molar-refractivity contribution is -0.138. The van der Waals surface area contributed by atoms with Gasteiger partial charge in [-0.05, 0) is 42.7 Å². The van der Waals surface area contributed by atoms with Gasteiger partial charge in [-0.1, -0.05) is 48.9 Å². The monoisotopic (exact) mass is 436 g/mol. The molecule has 2 aromatic carbocycles. The fourth-order valence-electron chi connectivity index (χ4n) is 2.71. The van der Waals surface area contributed by atoms with Gasteiger partial charge in [-0.15, -0.1) is 11.8 Å². The first-order valence-electron chi connectivity index (χ1n) is 9.55. The molecule has 2 amide bonds. The van der Waals surface area contributed by atoms with Gasteiger partial charge in [0.15, 0.2) is 0 Å². The highest BCUT2D eigenvalue weighted by atomic mass is 35.5. The molecular weight excluding hydrogens is 411 g/mol. The van der Waals surface area contributed by atoms with Crippen molar-refractivity contribution < 1.29 is 14.0 Å². The summed E-state index contributed by atoms with van der Waals surface area (Å²) in [6.45, 7) is 4.56. The second-order valence-electron chi connectivity index (χ2n) is 6.70. The maximum Gasteiger partial charge on any atom is 0.242 e. The zero-order valence-electron chi connectivity index (χ0n) is 16.7. The summed E-state index contributed by atoms with van der Waals surface area (Å²) in [7, 11) is 0. The van der Waals surface area contributed by atoms with Crippen LogP contribution in [0.2, 0.25) is 5.02 Å². The number of nitrogens with zero attached hydrogens (tertiary/aromatic N) is 1. The fourth-order valence-corrected chi connectivity index (χ4v) is 3.73. The first-order chi connectivity index (χ1) is 13.9. The summed E-state index contributed by atoms with van der Waals surface area (Å²) >= 11 is 7.27. The van der Waals surface area contributed by atoms with Crippen LogP contribution in [-0.2, 0) is 21.9 Å². The number of halogens is 2. The van der Waals surface area contributed by atoms with Crippen molar-refractivity contribution in [2.45, 2.75) is 38.6 Å². The molecule has 1 N–H and O–H groups in total. The summed E-state index contributed by atoms with van der Waals surface area (Å²) in [6, 6.07) is 13.1. The molecule has 0 aliphatic heterocycles. The SMILES string of the molecule is CCCNC(=O)[C@@H](C)N(Cc1ccc(Cl)cc1)C(=O)CSCc1ccccc1F. The van der Waals surface area contributed by atoms with Crippen LogP contribution in [-0.4, -0.2) is 35.1 Å². The number of carbonyl (C=O) groups excluding carboxylic acids is 2. The lowest BCUT2D eigenvalue weighted by Crippen LogP contribution is -2.48. The number of amides is 2. The zero-order valence-corrected chi connectivity index (χ0v) is 18.2. The van der Waals surface area contributed by atoms with Crippen LogP contribution in [0.4, 0.5) is 4.39 Å². The van der Waals surface area contributed by atoms with E-state index in [9.17, 15) is 14.0 Å². The summed E-state index contributed by atoms with van der Waals surface area (Å²) in [5, 5.41) is 3.45. The van der Waals surface area contributed by atoms with E-state index in [1.807, 2.05) is 19.1 Å². The van der Waals surface area contributed by atoms with E-state index < -0.39 is 6.04 Å². The number of benzene rings is 2. The summed E-state index contributed by atoms with van der Waals surface area (Å²) in [5.41, 5.74) is 1.44. The van der Waals surface area contributed by atoms with Crippen LogP contribution in [0.1, 0.15) is 31.4 Å². The highest BCUT2D eigenvalue weighted by molar-refractivity contribution is 7.99. The predicted octanol–water partition coefficient (Wildman–Crippen LogP) is 4.66. The van der Waals surface area contributed by atoms with Gasteiger partial charge in [0.25, 0.3) is 0 Å². The number of nitrogens with one attached hydrogen (secondary N) is 1. The van der Waals surface area contributed by atoms with Crippen molar-refractivity contribution in [1.82, 2.24) is 10.2 Å². The van der Waals surface area contributed by atoms with Crippen molar-refractivity contribution in [1.29, 1.82) is 0 Å². The molecule has 2 rings (SSSR count). The Morgan fingerprint density at radius 3 is 2.52 bits per heavy atom. The maximum atomic E-state index is 13.8. The van der Waals surface area contributed by atoms with E-state index in [1.54, 1.807) is 42.2 Å². The Labute approximate surface area is 180 Å². The largest absolute Gasteiger partial charge is 0.354 e. The van der Waals surface area contributed by atoms with Crippen LogP contribution in [0.5, 0.6) is 0 Å². The van der Waals surface area contributed by atoms with Crippen LogP contribution in [0.15, 0.2) is 48.5 Å². The molecule has 0 radical (unpaired) electrons. The van der Waals surface area contributed by atoms with Gasteiger partial charge < -0.3 is 10.2 Å². The fraction of sp³-hybridized carbons (Fsp3) is 0.364. The molecule has 0 bridgehead atoms. The van der Waals surface area contributed by atoms with Gasteiger partial charge in [-0.25, -0.2) is 4.39 Å². The zero-order chi connectivity index (χ0) is 21.2. The van der Waals surface area contributed by atoms with Crippen molar-refractivity contribution in [3.05, 3.63) is 70.5 Å². The van der Waals surface area contributed by atoms with Crippen LogP contribution in [0.25, 0.3) is 0 Å². The van der Waals surface area contributed by atoms with Gasteiger partial charge in [0.1, 0.15) is 11.9 Å². The van der Waals surface area contributed by atoms with Crippen molar-refractivity contribution in [2.24, 2.45) is 0 Å². The first kappa shape index (κ1) is 23.2. The molecule has 0 aliphatic carbocycles. The Morgan fingerprint density at radius 1 is 1.17 bits per heavy atom. The summed E-state index contributed by atoms with van der Waals surface area (Å²) < 4.78 is 13.8. The quantitative estimate of drug-likeness (QED) is 0.589. The van der Waals surface area contributed by atoms with Gasteiger partial charge in [0.2, 0.25) is 11.8 Å². The minimum absolute atomic E-state index is 0.160. The minimum Gasteiger partial charge on any atom is -0.354 e. The summed E-state index contributed by atoms with van der Waals surface area (Å²) in [4.78, 5) is 26.9. The number of hydrogen-bond donors (Lipinski definition) is 1. The number of thioether (sulfide) groups is 1. The minimum atomic E-state index is -0.612. The van der Waals surface area contributed by atoms with Gasteiger partial charge in [-0.2, -0.15) is 0 Å². The van der Waals surface area contributed by atoms with E-state index >= 15 is 0 Å². The molecule has 0 aromatic heterocycles. The number of hydrogen-bond acceptors (Lipinski definition) is 3. The third-order valence-corrected chi connectivity index (χ3v) is 5.64. The second-order valence-corrected chi connectivity index (χ2v) is 8.12. The van der Waals surface area contributed by atoms with E-state index in [1.165, 1.54) is 17.8 Å². The molecule has 0 heterocycles. The van der Waals surface area contributed by atoms with Crippen LogP contribution in [0.3, 0.4) is 0 Å². The van der Waals surface area contributed by atoms with Gasteiger partial charge in [0.05, 0.1) is 5.75 Å². The molecule has 0 saturated carbocycles. The molecule has 0 saturated heterocycles. The summed E-state index contributed by atoms with van der Waals surface area (Å²) in [6.07, 6.45) is 0.822. The molecule has 2 aromatic rings. The average molecular weight is 437 g/mol. The van der Waals surface area contributed by atoms with E-state index in [2.05, 4.69) is 5.32 Å². The Balaban J connectivity index is 2.05. The molecule has 0 fully saturated rings. The van der Waals surface area contributed by atoms with Gasteiger partial charge in [0, 0.05) is 23.9 Å². The third-order valence-electron chi connectivity index (χ3n) is 4.42.